The van der Waals surface area contributed by atoms with Gasteiger partial charge in [0.2, 0.25) is 0 Å². The lowest BCUT2D eigenvalue weighted by Gasteiger charge is -2.14. The van der Waals surface area contributed by atoms with Crippen LogP contribution >= 0.6 is 15.9 Å². The Morgan fingerprint density at radius 1 is 1.64 bits per heavy atom. The zero-order valence-electron chi connectivity index (χ0n) is 8.03. The van der Waals surface area contributed by atoms with Crippen LogP contribution in [0.4, 0.5) is 0 Å². The molecule has 1 atom stereocenters. The average molecular weight is 262 g/mol. The van der Waals surface area contributed by atoms with Gasteiger partial charge in [0, 0.05) is 6.54 Å². The SMILES string of the molecule is CN(C)CC(C(=O)O)c1ccc(Br)o1. The maximum atomic E-state index is 10.9. The fourth-order valence-corrected chi connectivity index (χ4v) is 1.49. The van der Waals surface area contributed by atoms with Crippen molar-refractivity contribution in [2.75, 3.05) is 20.6 Å². The molecule has 0 fully saturated rings. The minimum absolute atomic E-state index is 0.426. The quantitative estimate of drug-likeness (QED) is 0.898. The molecule has 0 amide bonds. The molecule has 1 heterocycles. The van der Waals surface area contributed by atoms with Crippen LogP contribution in [0.2, 0.25) is 0 Å². The molecule has 1 aromatic rings. The second-order valence-electron chi connectivity index (χ2n) is 3.29. The lowest BCUT2D eigenvalue weighted by molar-refractivity contribution is -0.139. The van der Waals surface area contributed by atoms with Gasteiger partial charge in [-0.2, -0.15) is 0 Å². The Labute approximate surface area is 90.6 Å². The van der Waals surface area contributed by atoms with Gasteiger partial charge in [-0.1, -0.05) is 0 Å². The van der Waals surface area contributed by atoms with E-state index >= 15 is 0 Å². The lowest BCUT2D eigenvalue weighted by atomic mass is 10.1. The number of likely N-dealkylation sites (N-methyl/N-ethyl adjacent to an activating group) is 1. The highest BCUT2D eigenvalue weighted by molar-refractivity contribution is 9.10. The van der Waals surface area contributed by atoms with Gasteiger partial charge in [-0.05, 0) is 42.2 Å². The first-order valence-electron chi connectivity index (χ1n) is 4.13. The number of hydrogen-bond acceptors (Lipinski definition) is 3. The van der Waals surface area contributed by atoms with Crippen LogP contribution in [0.1, 0.15) is 11.7 Å². The van der Waals surface area contributed by atoms with Crippen molar-refractivity contribution in [2.45, 2.75) is 5.92 Å². The summed E-state index contributed by atoms with van der Waals surface area (Å²) in [6.07, 6.45) is 0. The topological polar surface area (TPSA) is 53.7 Å². The summed E-state index contributed by atoms with van der Waals surface area (Å²) in [6.45, 7) is 0.426. The highest BCUT2D eigenvalue weighted by Gasteiger charge is 2.23. The first-order chi connectivity index (χ1) is 6.50. The highest BCUT2D eigenvalue weighted by Crippen LogP contribution is 2.22. The summed E-state index contributed by atoms with van der Waals surface area (Å²) >= 11 is 3.14. The van der Waals surface area contributed by atoms with E-state index in [0.29, 0.717) is 17.0 Å². The zero-order valence-corrected chi connectivity index (χ0v) is 9.61. The van der Waals surface area contributed by atoms with E-state index in [0.717, 1.165) is 0 Å². The zero-order chi connectivity index (χ0) is 10.7. The molecule has 0 saturated carbocycles. The molecule has 0 aliphatic rings. The molecule has 0 aliphatic carbocycles. The summed E-state index contributed by atoms with van der Waals surface area (Å²) in [7, 11) is 3.65. The first-order valence-corrected chi connectivity index (χ1v) is 4.92. The number of nitrogens with zero attached hydrogens (tertiary/aromatic N) is 1. The van der Waals surface area contributed by atoms with Gasteiger partial charge >= 0.3 is 5.97 Å². The predicted molar refractivity (Wildman–Crippen MR) is 55.3 cm³/mol. The molecule has 78 valence electrons. The standard InChI is InChI=1S/C9H12BrNO3/c1-11(2)5-6(9(12)13)7-3-4-8(10)14-7/h3-4,6H,5H2,1-2H3,(H,12,13). The third-order valence-corrected chi connectivity index (χ3v) is 2.21. The van der Waals surface area contributed by atoms with Gasteiger partial charge in [-0.25, -0.2) is 0 Å². The summed E-state index contributed by atoms with van der Waals surface area (Å²) in [5.41, 5.74) is 0. The molecule has 0 saturated heterocycles. The molecule has 1 N–H and O–H groups in total. The van der Waals surface area contributed by atoms with E-state index in [-0.39, 0.29) is 0 Å². The molecule has 0 aromatic carbocycles. The minimum atomic E-state index is -0.874. The fourth-order valence-electron chi connectivity index (χ4n) is 1.17. The number of halogens is 1. The maximum absolute atomic E-state index is 10.9. The second-order valence-corrected chi connectivity index (χ2v) is 4.08. The van der Waals surface area contributed by atoms with E-state index in [1.165, 1.54) is 0 Å². The van der Waals surface area contributed by atoms with Crippen LogP contribution in [0.3, 0.4) is 0 Å². The molecular weight excluding hydrogens is 250 g/mol. The van der Waals surface area contributed by atoms with Crippen LogP contribution < -0.4 is 0 Å². The molecule has 1 unspecified atom stereocenters. The van der Waals surface area contributed by atoms with Crippen molar-refractivity contribution in [3.8, 4) is 0 Å². The van der Waals surface area contributed by atoms with Crippen LogP contribution in [0.5, 0.6) is 0 Å². The number of furan rings is 1. The van der Waals surface area contributed by atoms with Crippen molar-refractivity contribution < 1.29 is 14.3 Å². The Morgan fingerprint density at radius 2 is 2.29 bits per heavy atom. The number of aliphatic carboxylic acids is 1. The molecule has 1 aromatic heterocycles. The maximum Gasteiger partial charge on any atom is 0.315 e. The molecule has 0 radical (unpaired) electrons. The molecule has 1 rings (SSSR count). The Morgan fingerprint density at radius 3 is 2.64 bits per heavy atom. The smallest absolute Gasteiger partial charge is 0.315 e. The van der Waals surface area contributed by atoms with E-state index < -0.39 is 11.9 Å². The Bertz CT molecular complexity index is 322. The van der Waals surface area contributed by atoms with Gasteiger partial charge in [0.05, 0.1) is 0 Å². The van der Waals surface area contributed by atoms with Gasteiger partial charge in [-0.15, -0.1) is 0 Å². The normalized spacial score (nSPS) is 13.1. The van der Waals surface area contributed by atoms with Crippen LogP contribution in [0, 0.1) is 0 Å². The molecule has 5 heteroatoms. The van der Waals surface area contributed by atoms with Crippen LogP contribution in [0.25, 0.3) is 0 Å². The molecular formula is C9H12BrNO3. The first kappa shape index (κ1) is 11.3. The Balaban J connectivity index is 2.83. The van der Waals surface area contributed by atoms with Gasteiger partial charge < -0.3 is 14.4 Å². The van der Waals surface area contributed by atoms with Gasteiger partial charge in [0.15, 0.2) is 4.67 Å². The van der Waals surface area contributed by atoms with Crippen molar-refractivity contribution in [3.05, 3.63) is 22.6 Å². The molecule has 4 nitrogen and oxygen atoms in total. The van der Waals surface area contributed by atoms with E-state index in [4.69, 9.17) is 9.52 Å². The molecule has 0 spiro atoms. The third-order valence-electron chi connectivity index (χ3n) is 1.78. The number of rotatable bonds is 4. The van der Waals surface area contributed by atoms with Crippen LogP contribution in [-0.4, -0.2) is 36.6 Å². The van der Waals surface area contributed by atoms with E-state index in [1.54, 1.807) is 12.1 Å². The van der Waals surface area contributed by atoms with E-state index in [2.05, 4.69) is 15.9 Å². The minimum Gasteiger partial charge on any atom is -0.481 e. The van der Waals surface area contributed by atoms with Crippen molar-refractivity contribution in [1.29, 1.82) is 0 Å². The van der Waals surface area contributed by atoms with Gasteiger partial charge in [0.1, 0.15) is 11.7 Å². The van der Waals surface area contributed by atoms with E-state index in [9.17, 15) is 4.79 Å². The van der Waals surface area contributed by atoms with Crippen LogP contribution in [-0.2, 0) is 4.79 Å². The number of carboxylic acids is 1. The predicted octanol–water partition coefficient (Wildman–Crippen LogP) is 1.77. The van der Waals surface area contributed by atoms with Crippen molar-refractivity contribution in [2.24, 2.45) is 0 Å². The number of hydrogen-bond donors (Lipinski definition) is 1. The van der Waals surface area contributed by atoms with Crippen molar-refractivity contribution in [1.82, 2.24) is 4.90 Å². The monoisotopic (exact) mass is 261 g/mol. The van der Waals surface area contributed by atoms with Crippen molar-refractivity contribution in [3.63, 3.8) is 0 Å². The van der Waals surface area contributed by atoms with Crippen molar-refractivity contribution >= 4 is 21.9 Å². The second kappa shape index (κ2) is 4.61. The Kier molecular flexibility index (Phi) is 3.71. The highest BCUT2D eigenvalue weighted by atomic mass is 79.9. The average Bonchev–Trinajstić information content (AvgIpc) is 2.46. The summed E-state index contributed by atoms with van der Waals surface area (Å²) in [5, 5.41) is 8.98. The molecule has 0 aliphatic heterocycles. The van der Waals surface area contributed by atoms with Crippen LogP contribution in [0.15, 0.2) is 21.2 Å². The molecule has 14 heavy (non-hydrogen) atoms. The fraction of sp³-hybridized carbons (Fsp3) is 0.444. The van der Waals surface area contributed by atoms with Gasteiger partial charge in [0.25, 0.3) is 0 Å². The third kappa shape index (κ3) is 2.85. The summed E-state index contributed by atoms with van der Waals surface area (Å²) in [6, 6.07) is 3.37. The Hall–Kier alpha value is -0.810. The lowest BCUT2D eigenvalue weighted by Crippen LogP contribution is -2.25. The largest absolute Gasteiger partial charge is 0.481 e. The number of carboxylic acid groups (broad SMARTS) is 1. The van der Waals surface area contributed by atoms with Gasteiger partial charge in [-0.3, -0.25) is 4.79 Å². The number of carbonyl (C=O) groups is 1. The molecule has 0 bridgehead atoms. The summed E-state index contributed by atoms with van der Waals surface area (Å²) < 4.78 is 5.77. The summed E-state index contributed by atoms with van der Waals surface area (Å²) in [4.78, 5) is 12.8. The van der Waals surface area contributed by atoms with E-state index in [1.807, 2.05) is 19.0 Å². The summed E-state index contributed by atoms with van der Waals surface area (Å²) in [5.74, 6) is -1.02.